The van der Waals surface area contributed by atoms with E-state index in [1.165, 1.54) is 12.5 Å². The first kappa shape index (κ1) is 19.2. The van der Waals surface area contributed by atoms with E-state index < -0.39 is 0 Å². The Morgan fingerprint density at radius 3 is 2.38 bits per heavy atom. The molecule has 0 atom stereocenters. The van der Waals surface area contributed by atoms with Crippen molar-refractivity contribution in [2.24, 2.45) is 0 Å². The number of carbonyl (C=O) groups is 2. The molecule has 0 saturated carbocycles. The van der Waals surface area contributed by atoms with E-state index in [4.69, 9.17) is 4.42 Å². The van der Waals surface area contributed by atoms with Crippen molar-refractivity contribution in [2.75, 3.05) is 26.2 Å². The van der Waals surface area contributed by atoms with Gasteiger partial charge in [-0.25, -0.2) is 0 Å². The monoisotopic (exact) mass is 391 g/mol. The number of amides is 2. The van der Waals surface area contributed by atoms with Crippen molar-refractivity contribution in [3.63, 3.8) is 0 Å². The summed E-state index contributed by atoms with van der Waals surface area (Å²) in [6.07, 6.45) is 3.71. The van der Waals surface area contributed by atoms with E-state index in [1.54, 1.807) is 11.0 Å². The molecule has 4 rings (SSSR count). The molecule has 1 aliphatic rings. The molecule has 0 aliphatic carbocycles. The summed E-state index contributed by atoms with van der Waals surface area (Å²) < 4.78 is 5.03. The Labute approximate surface area is 170 Å². The number of pyridine rings is 1. The molecule has 0 radical (unpaired) electrons. The van der Waals surface area contributed by atoms with Gasteiger partial charge in [-0.3, -0.25) is 14.6 Å². The van der Waals surface area contributed by atoms with Crippen molar-refractivity contribution in [2.45, 2.75) is 27.2 Å². The van der Waals surface area contributed by atoms with Gasteiger partial charge in [-0.1, -0.05) is 11.6 Å². The third-order valence-electron chi connectivity index (χ3n) is 5.68. The third-order valence-corrected chi connectivity index (χ3v) is 5.68. The van der Waals surface area contributed by atoms with Crippen molar-refractivity contribution < 1.29 is 14.0 Å². The van der Waals surface area contributed by atoms with Crippen LogP contribution in [-0.4, -0.2) is 52.8 Å². The molecule has 2 aromatic heterocycles. The van der Waals surface area contributed by atoms with Gasteiger partial charge >= 0.3 is 0 Å². The van der Waals surface area contributed by atoms with Gasteiger partial charge in [0.2, 0.25) is 0 Å². The van der Waals surface area contributed by atoms with E-state index in [2.05, 4.69) is 4.98 Å². The molecule has 2 amide bonds. The highest BCUT2D eigenvalue weighted by Crippen LogP contribution is 2.26. The van der Waals surface area contributed by atoms with E-state index in [0.717, 1.165) is 39.7 Å². The Hall–Kier alpha value is -3.15. The molecule has 150 valence electrons. The molecule has 1 aliphatic heterocycles. The van der Waals surface area contributed by atoms with Crippen LogP contribution < -0.4 is 0 Å². The Bertz CT molecular complexity index is 1070. The van der Waals surface area contributed by atoms with Crippen LogP contribution in [0.5, 0.6) is 0 Å². The number of carbonyl (C=O) groups excluding carboxylic acids is 2. The molecule has 1 fully saturated rings. The molecule has 6 nitrogen and oxygen atoms in total. The number of hydrogen-bond acceptors (Lipinski definition) is 4. The number of nitrogens with zero attached hydrogens (tertiary/aromatic N) is 3. The second-order valence-corrected chi connectivity index (χ2v) is 7.67. The van der Waals surface area contributed by atoms with Gasteiger partial charge in [-0.2, -0.15) is 0 Å². The summed E-state index contributed by atoms with van der Waals surface area (Å²) in [5.41, 5.74) is 5.01. The molecular weight excluding hydrogens is 366 g/mol. The highest BCUT2D eigenvalue weighted by molar-refractivity contribution is 6.07. The lowest BCUT2D eigenvalue weighted by Gasteiger charge is -2.24. The molecule has 0 unspecified atom stereocenters. The molecular formula is C23H25N3O3. The Morgan fingerprint density at radius 2 is 1.69 bits per heavy atom. The van der Waals surface area contributed by atoms with Crippen LogP contribution in [0.3, 0.4) is 0 Å². The summed E-state index contributed by atoms with van der Waals surface area (Å²) in [7, 11) is 0. The fraction of sp³-hybridized carbons (Fsp3) is 0.348. The number of aromatic nitrogens is 1. The van der Waals surface area contributed by atoms with Crippen LogP contribution in [0.4, 0.5) is 0 Å². The highest BCUT2D eigenvalue weighted by atomic mass is 16.3. The van der Waals surface area contributed by atoms with Crippen molar-refractivity contribution >= 4 is 22.7 Å². The molecule has 3 heterocycles. The average Bonchev–Trinajstić information content (AvgIpc) is 3.13. The first-order chi connectivity index (χ1) is 14.0. The maximum Gasteiger partial charge on any atom is 0.257 e. The lowest BCUT2D eigenvalue weighted by molar-refractivity contribution is 0.0719. The molecule has 3 aromatic rings. The summed E-state index contributed by atoms with van der Waals surface area (Å²) in [6, 6.07) is 7.70. The zero-order chi connectivity index (χ0) is 20.5. The fourth-order valence-electron chi connectivity index (χ4n) is 3.92. The molecule has 1 aromatic carbocycles. The van der Waals surface area contributed by atoms with Gasteiger partial charge in [0.05, 0.1) is 22.9 Å². The van der Waals surface area contributed by atoms with E-state index >= 15 is 0 Å². The minimum atomic E-state index is -0.0509. The minimum absolute atomic E-state index is 0.0150. The number of hydrogen-bond donors (Lipinski definition) is 0. The van der Waals surface area contributed by atoms with Crippen molar-refractivity contribution in [1.82, 2.24) is 14.8 Å². The van der Waals surface area contributed by atoms with Crippen LogP contribution in [-0.2, 0) is 0 Å². The van der Waals surface area contributed by atoms with Crippen LogP contribution in [0.2, 0.25) is 0 Å². The smallest absolute Gasteiger partial charge is 0.257 e. The fourth-order valence-corrected chi connectivity index (χ4v) is 3.92. The van der Waals surface area contributed by atoms with E-state index in [9.17, 15) is 9.59 Å². The van der Waals surface area contributed by atoms with Gasteiger partial charge in [0.25, 0.3) is 11.8 Å². The topological polar surface area (TPSA) is 66.7 Å². The van der Waals surface area contributed by atoms with Gasteiger partial charge in [0.15, 0.2) is 0 Å². The quantitative estimate of drug-likeness (QED) is 0.667. The predicted molar refractivity (Wildman–Crippen MR) is 111 cm³/mol. The zero-order valence-corrected chi connectivity index (χ0v) is 17.1. The van der Waals surface area contributed by atoms with Crippen LogP contribution in [0, 0.1) is 20.8 Å². The second kappa shape index (κ2) is 7.70. The first-order valence-corrected chi connectivity index (χ1v) is 9.94. The summed E-state index contributed by atoms with van der Waals surface area (Å²) in [6.45, 7) is 8.20. The molecule has 1 saturated heterocycles. The van der Waals surface area contributed by atoms with Gasteiger partial charge < -0.3 is 14.2 Å². The standard InChI is InChI=1S/C23H25N3O3/c1-15-5-6-20-19(13-15)21(16(2)17(3)24-20)23(28)26-9-4-8-25(10-11-26)22(27)18-7-12-29-14-18/h5-7,12-14H,4,8-11H2,1-3H3. The van der Waals surface area contributed by atoms with Crippen molar-refractivity contribution in [3.8, 4) is 0 Å². The minimum Gasteiger partial charge on any atom is -0.472 e. The predicted octanol–water partition coefficient (Wildman–Crippen LogP) is 3.74. The maximum atomic E-state index is 13.5. The zero-order valence-electron chi connectivity index (χ0n) is 17.1. The summed E-state index contributed by atoms with van der Waals surface area (Å²) in [4.78, 5) is 34.5. The lowest BCUT2D eigenvalue weighted by atomic mass is 9.99. The normalized spacial score (nSPS) is 14.9. The van der Waals surface area contributed by atoms with Gasteiger partial charge in [0.1, 0.15) is 6.26 Å². The van der Waals surface area contributed by atoms with Gasteiger partial charge in [-0.05, 0) is 51.0 Å². The number of rotatable bonds is 2. The highest BCUT2D eigenvalue weighted by Gasteiger charge is 2.26. The number of benzene rings is 1. The first-order valence-electron chi connectivity index (χ1n) is 9.94. The van der Waals surface area contributed by atoms with Crippen molar-refractivity contribution in [3.05, 3.63) is 64.7 Å². The maximum absolute atomic E-state index is 13.5. The van der Waals surface area contributed by atoms with Crippen LogP contribution in [0.15, 0.2) is 41.2 Å². The van der Waals surface area contributed by atoms with Gasteiger partial charge in [0, 0.05) is 37.3 Å². The number of fused-ring (bicyclic) bond motifs is 1. The molecule has 0 spiro atoms. The van der Waals surface area contributed by atoms with E-state index in [0.29, 0.717) is 31.7 Å². The van der Waals surface area contributed by atoms with E-state index in [-0.39, 0.29) is 11.8 Å². The van der Waals surface area contributed by atoms with Crippen molar-refractivity contribution in [1.29, 1.82) is 0 Å². The number of aryl methyl sites for hydroxylation is 2. The van der Waals surface area contributed by atoms with E-state index in [1.807, 2.05) is 43.9 Å². The largest absolute Gasteiger partial charge is 0.472 e. The lowest BCUT2D eigenvalue weighted by Crippen LogP contribution is -2.37. The Balaban J connectivity index is 1.61. The molecule has 6 heteroatoms. The SMILES string of the molecule is Cc1ccc2nc(C)c(C)c(C(=O)N3CCCN(C(=O)c4ccoc4)CC3)c2c1. The average molecular weight is 391 g/mol. The van der Waals surface area contributed by atoms with Crippen LogP contribution in [0.1, 0.15) is 44.0 Å². The summed E-state index contributed by atoms with van der Waals surface area (Å²) in [5, 5.41) is 0.897. The Morgan fingerprint density at radius 1 is 0.966 bits per heavy atom. The molecule has 29 heavy (non-hydrogen) atoms. The van der Waals surface area contributed by atoms with Crippen LogP contribution in [0.25, 0.3) is 10.9 Å². The third kappa shape index (κ3) is 3.62. The molecule has 0 N–H and O–H groups in total. The van der Waals surface area contributed by atoms with Crippen LogP contribution >= 0.6 is 0 Å². The number of furan rings is 1. The molecule has 0 bridgehead atoms. The Kier molecular flexibility index (Phi) is 5.09. The second-order valence-electron chi connectivity index (χ2n) is 7.67. The van der Waals surface area contributed by atoms with Gasteiger partial charge in [-0.15, -0.1) is 0 Å². The summed E-state index contributed by atoms with van der Waals surface area (Å²) in [5.74, 6) is -0.0359. The summed E-state index contributed by atoms with van der Waals surface area (Å²) >= 11 is 0.